The predicted molar refractivity (Wildman–Crippen MR) is 124 cm³/mol. The summed E-state index contributed by atoms with van der Waals surface area (Å²) in [5, 5.41) is 3.39. The zero-order chi connectivity index (χ0) is 22.7. The van der Waals surface area contributed by atoms with Crippen molar-refractivity contribution in [2.75, 3.05) is 6.54 Å². The van der Waals surface area contributed by atoms with Crippen molar-refractivity contribution in [2.24, 2.45) is 18.9 Å². The minimum absolute atomic E-state index is 0.0627. The number of carbonyl (C=O) groups is 1. The Morgan fingerprint density at radius 3 is 2.48 bits per heavy atom. The van der Waals surface area contributed by atoms with Gasteiger partial charge in [-0.05, 0) is 38.5 Å². The van der Waals surface area contributed by atoms with Crippen molar-refractivity contribution in [2.45, 2.75) is 76.6 Å². The molecule has 9 heteroatoms. The van der Waals surface area contributed by atoms with Crippen molar-refractivity contribution < 1.29 is 4.79 Å². The first-order valence-electron chi connectivity index (χ1n) is 11.1. The molecule has 2 aromatic heterocycles. The maximum Gasteiger partial charge on any atom is 0.332 e. The Kier molecular flexibility index (Phi) is 7.56. The van der Waals surface area contributed by atoms with E-state index in [0.717, 1.165) is 4.57 Å². The van der Waals surface area contributed by atoms with Gasteiger partial charge in [-0.25, -0.2) is 14.8 Å². The van der Waals surface area contributed by atoms with E-state index in [1.165, 1.54) is 55.5 Å². The van der Waals surface area contributed by atoms with Crippen LogP contribution in [0.2, 0.25) is 0 Å². The number of nitrogens with zero attached hydrogens (tertiary/aromatic N) is 4. The van der Waals surface area contributed by atoms with E-state index >= 15 is 0 Å². The Morgan fingerprint density at radius 2 is 1.84 bits per heavy atom. The molecular formula is C22H33N5O3S. The van der Waals surface area contributed by atoms with Gasteiger partial charge in [-0.3, -0.25) is 18.7 Å². The lowest BCUT2D eigenvalue weighted by atomic mass is 9.89. The van der Waals surface area contributed by atoms with E-state index in [2.05, 4.69) is 15.3 Å². The molecule has 3 rings (SSSR count). The minimum atomic E-state index is -0.433. The molecule has 2 heterocycles. The number of rotatable bonds is 7. The summed E-state index contributed by atoms with van der Waals surface area (Å²) in [6, 6.07) is 0. The molecule has 1 N–H and O–H groups in total. The zero-order valence-corrected chi connectivity index (χ0v) is 19.9. The fourth-order valence-corrected chi connectivity index (χ4v) is 5.06. The maximum atomic E-state index is 13.0. The molecule has 1 amide bonds. The van der Waals surface area contributed by atoms with Gasteiger partial charge in [0.1, 0.15) is 16.2 Å². The highest BCUT2D eigenvalue weighted by Crippen LogP contribution is 2.27. The number of carbonyl (C=O) groups excluding carboxylic acids is 1. The van der Waals surface area contributed by atoms with Gasteiger partial charge in [-0.15, -0.1) is 0 Å². The first-order valence-corrected chi connectivity index (χ1v) is 12.0. The van der Waals surface area contributed by atoms with Crippen LogP contribution in [-0.2, 0) is 18.4 Å². The average Bonchev–Trinajstić information content (AvgIpc) is 2.73. The van der Waals surface area contributed by atoms with Crippen molar-refractivity contribution in [3.05, 3.63) is 26.7 Å². The summed E-state index contributed by atoms with van der Waals surface area (Å²) in [6.45, 7) is 8.71. The molecule has 1 aliphatic rings. The Balaban J connectivity index is 1.90. The molecule has 0 aliphatic heterocycles. The zero-order valence-electron chi connectivity index (χ0n) is 19.1. The smallest absolute Gasteiger partial charge is 0.332 e. The van der Waals surface area contributed by atoms with Gasteiger partial charge >= 0.3 is 5.69 Å². The second kappa shape index (κ2) is 9.97. The highest BCUT2D eigenvalue weighted by Gasteiger charge is 2.23. The Morgan fingerprint density at radius 1 is 1.16 bits per heavy atom. The van der Waals surface area contributed by atoms with Crippen molar-refractivity contribution in [3.8, 4) is 0 Å². The summed E-state index contributed by atoms with van der Waals surface area (Å²) < 4.78 is 2.63. The molecule has 0 saturated heterocycles. The molecule has 1 saturated carbocycles. The number of aromatic nitrogens is 4. The fourth-order valence-electron chi connectivity index (χ4n) is 4.06. The second-order valence-corrected chi connectivity index (χ2v) is 10.3. The first kappa shape index (κ1) is 23.5. The van der Waals surface area contributed by atoms with Crippen molar-refractivity contribution in [3.63, 3.8) is 0 Å². The van der Waals surface area contributed by atoms with E-state index in [9.17, 15) is 14.4 Å². The van der Waals surface area contributed by atoms with Crippen LogP contribution in [0.4, 0.5) is 0 Å². The van der Waals surface area contributed by atoms with Gasteiger partial charge < -0.3 is 5.32 Å². The summed E-state index contributed by atoms with van der Waals surface area (Å²) in [7, 11) is 1.47. The number of hydrogen-bond donors (Lipinski definition) is 1. The Labute approximate surface area is 186 Å². The van der Waals surface area contributed by atoms with Crippen molar-refractivity contribution >= 4 is 28.7 Å². The van der Waals surface area contributed by atoms with Crippen molar-refractivity contribution in [1.29, 1.82) is 0 Å². The van der Waals surface area contributed by atoms with Crippen LogP contribution in [0.3, 0.4) is 0 Å². The molecule has 1 aliphatic carbocycles. The summed E-state index contributed by atoms with van der Waals surface area (Å²) in [4.78, 5) is 47.3. The van der Waals surface area contributed by atoms with Crippen LogP contribution < -0.4 is 16.6 Å². The third-order valence-corrected chi connectivity index (χ3v) is 6.84. The van der Waals surface area contributed by atoms with Crippen molar-refractivity contribution in [1.82, 2.24) is 24.4 Å². The maximum absolute atomic E-state index is 13.0. The Bertz CT molecular complexity index is 1070. The van der Waals surface area contributed by atoms with E-state index in [1.807, 2.05) is 20.8 Å². The number of thioether (sulfide) groups is 1. The first-order chi connectivity index (χ1) is 14.7. The van der Waals surface area contributed by atoms with Gasteiger partial charge in [-0.1, -0.05) is 44.9 Å². The summed E-state index contributed by atoms with van der Waals surface area (Å²) in [5.74, 6) is 1.16. The monoisotopic (exact) mass is 447 g/mol. The lowest BCUT2D eigenvalue weighted by Gasteiger charge is -2.22. The number of amides is 1. The molecule has 0 bridgehead atoms. The number of nitrogens with one attached hydrogen (secondary N) is 1. The van der Waals surface area contributed by atoms with E-state index in [-0.39, 0.29) is 11.8 Å². The van der Waals surface area contributed by atoms with Crippen LogP contribution in [0.1, 0.15) is 58.7 Å². The SMILES string of the molecule is Cc1nc(S[C@@H](C)C(=O)NCC2CCCCC2)c2c(=O)n(C)c(=O)n(CC(C)C)c2n1. The topological polar surface area (TPSA) is 98.9 Å². The van der Waals surface area contributed by atoms with Gasteiger partial charge in [0.05, 0.1) is 5.25 Å². The van der Waals surface area contributed by atoms with Gasteiger partial charge in [0.25, 0.3) is 5.56 Å². The quantitative estimate of drug-likeness (QED) is 0.517. The molecule has 31 heavy (non-hydrogen) atoms. The number of hydrogen-bond acceptors (Lipinski definition) is 6. The van der Waals surface area contributed by atoms with Crippen LogP contribution >= 0.6 is 11.8 Å². The standard InChI is InChI=1S/C22H33N5O3S/c1-13(2)12-27-18-17(21(29)26(5)22(27)30)20(25-15(4)24-18)31-14(3)19(28)23-11-16-9-7-6-8-10-16/h13-14,16H,6-12H2,1-5H3,(H,23,28)/t14-/m0/s1. The van der Waals surface area contributed by atoms with E-state index in [4.69, 9.17) is 0 Å². The fraction of sp³-hybridized carbons (Fsp3) is 0.682. The molecule has 0 unspecified atom stereocenters. The van der Waals surface area contributed by atoms with Crippen LogP contribution in [0, 0.1) is 18.8 Å². The Hall–Kier alpha value is -2.16. The minimum Gasteiger partial charge on any atom is -0.355 e. The van der Waals surface area contributed by atoms with Gasteiger partial charge in [0.15, 0.2) is 5.65 Å². The highest BCUT2D eigenvalue weighted by molar-refractivity contribution is 8.00. The lowest BCUT2D eigenvalue weighted by Crippen LogP contribution is -2.40. The summed E-state index contributed by atoms with van der Waals surface area (Å²) in [6.07, 6.45) is 6.09. The van der Waals surface area contributed by atoms with E-state index in [1.54, 1.807) is 6.92 Å². The van der Waals surface area contributed by atoms with E-state index < -0.39 is 16.5 Å². The van der Waals surface area contributed by atoms with Gasteiger partial charge in [-0.2, -0.15) is 0 Å². The van der Waals surface area contributed by atoms with E-state index in [0.29, 0.717) is 40.9 Å². The molecule has 1 atom stereocenters. The molecule has 1 fully saturated rings. The molecule has 0 aromatic carbocycles. The van der Waals surface area contributed by atoms with Crippen LogP contribution in [0.15, 0.2) is 14.6 Å². The molecular weight excluding hydrogens is 414 g/mol. The largest absolute Gasteiger partial charge is 0.355 e. The van der Waals surface area contributed by atoms with Crippen LogP contribution in [-0.4, -0.2) is 36.8 Å². The number of fused-ring (bicyclic) bond motifs is 1. The molecule has 0 radical (unpaired) electrons. The third-order valence-electron chi connectivity index (χ3n) is 5.76. The third kappa shape index (κ3) is 5.37. The van der Waals surface area contributed by atoms with Crippen LogP contribution in [0.5, 0.6) is 0 Å². The average molecular weight is 448 g/mol. The molecule has 8 nitrogen and oxygen atoms in total. The normalized spacial score (nSPS) is 16.1. The van der Waals surface area contributed by atoms with Gasteiger partial charge in [0.2, 0.25) is 5.91 Å². The van der Waals surface area contributed by atoms with Gasteiger partial charge in [0, 0.05) is 20.1 Å². The second-order valence-electron chi connectivity index (χ2n) is 8.94. The molecule has 0 spiro atoms. The number of aryl methyl sites for hydroxylation is 1. The summed E-state index contributed by atoms with van der Waals surface area (Å²) in [5.41, 5.74) is -0.484. The predicted octanol–water partition coefficient (Wildman–Crippen LogP) is 2.63. The molecule has 170 valence electrons. The lowest BCUT2D eigenvalue weighted by molar-refractivity contribution is -0.120. The van der Waals surface area contributed by atoms with Crippen LogP contribution in [0.25, 0.3) is 11.0 Å². The molecule has 2 aromatic rings. The highest BCUT2D eigenvalue weighted by atomic mass is 32.2. The summed E-state index contributed by atoms with van der Waals surface area (Å²) >= 11 is 1.25.